The molecule has 1 aliphatic carbocycles. The summed E-state index contributed by atoms with van der Waals surface area (Å²) in [5.74, 6) is 3.00. The van der Waals surface area contributed by atoms with Gasteiger partial charge in [-0.25, -0.2) is 4.98 Å². The molecule has 0 atom stereocenters. The number of aromatic nitrogens is 1. The third kappa shape index (κ3) is 2.13. The highest BCUT2D eigenvalue weighted by atomic mass is 15.2. The van der Waals surface area contributed by atoms with E-state index in [-0.39, 0.29) is 0 Å². The summed E-state index contributed by atoms with van der Waals surface area (Å²) >= 11 is 0. The van der Waals surface area contributed by atoms with Crippen LogP contribution in [0.5, 0.6) is 0 Å². The average molecular weight is 244 g/mol. The molecule has 2 heterocycles. The van der Waals surface area contributed by atoms with Crippen molar-refractivity contribution in [2.24, 2.45) is 17.3 Å². The van der Waals surface area contributed by atoms with Gasteiger partial charge in [-0.05, 0) is 55.1 Å². The smallest absolute Gasteiger partial charge is 0.128 e. The molecule has 0 aromatic carbocycles. The molecule has 0 N–H and O–H groups in total. The van der Waals surface area contributed by atoms with E-state index in [9.17, 15) is 0 Å². The van der Waals surface area contributed by atoms with Crippen LogP contribution >= 0.6 is 0 Å². The van der Waals surface area contributed by atoms with Crippen LogP contribution in [0, 0.1) is 17.3 Å². The van der Waals surface area contributed by atoms with E-state index < -0.39 is 0 Å². The Morgan fingerprint density at radius 2 is 2.17 bits per heavy atom. The van der Waals surface area contributed by atoms with E-state index in [1.54, 1.807) is 0 Å². The molecule has 1 aliphatic heterocycles. The molecule has 0 amide bonds. The Morgan fingerprint density at radius 1 is 1.33 bits per heavy atom. The van der Waals surface area contributed by atoms with E-state index in [2.05, 4.69) is 35.9 Å². The molecule has 0 radical (unpaired) electrons. The van der Waals surface area contributed by atoms with Crippen molar-refractivity contribution in [3.8, 4) is 0 Å². The maximum Gasteiger partial charge on any atom is 0.128 e. The number of anilines is 1. The Labute approximate surface area is 110 Å². The molecule has 18 heavy (non-hydrogen) atoms. The van der Waals surface area contributed by atoms with Crippen molar-refractivity contribution in [3.05, 3.63) is 24.4 Å². The molecule has 1 saturated carbocycles. The van der Waals surface area contributed by atoms with Gasteiger partial charge in [-0.1, -0.05) is 19.9 Å². The molecule has 1 saturated heterocycles. The van der Waals surface area contributed by atoms with Crippen LogP contribution in [-0.4, -0.2) is 18.1 Å². The summed E-state index contributed by atoms with van der Waals surface area (Å²) in [6.45, 7) is 7.16. The van der Waals surface area contributed by atoms with E-state index >= 15 is 0 Å². The maximum absolute atomic E-state index is 4.51. The minimum atomic E-state index is 0.616. The summed E-state index contributed by atoms with van der Waals surface area (Å²) in [5.41, 5.74) is 0.616. The van der Waals surface area contributed by atoms with Crippen LogP contribution < -0.4 is 4.90 Å². The minimum absolute atomic E-state index is 0.616. The van der Waals surface area contributed by atoms with Gasteiger partial charge in [-0.2, -0.15) is 0 Å². The van der Waals surface area contributed by atoms with Gasteiger partial charge in [0.15, 0.2) is 0 Å². The topological polar surface area (TPSA) is 16.1 Å². The summed E-state index contributed by atoms with van der Waals surface area (Å²) < 4.78 is 0. The van der Waals surface area contributed by atoms with Gasteiger partial charge >= 0.3 is 0 Å². The van der Waals surface area contributed by atoms with Crippen molar-refractivity contribution < 1.29 is 0 Å². The lowest BCUT2D eigenvalue weighted by Gasteiger charge is -2.54. The van der Waals surface area contributed by atoms with Crippen LogP contribution in [0.3, 0.4) is 0 Å². The Hall–Kier alpha value is -1.05. The molecule has 3 rings (SSSR count). The van der Waals surface area contributed by atoms with Gasteiger partial charge in [-0.15, -0.1) is 0 Å². The van der Waals surface area contributed by atoms with Crippen LogP contribution in [0.1, 0.15) is 39.5 Å². The van der Waals surface area contributed by atoms with Crippen LogP contribution in [0.4, 0.5) is 5.82 Å². The molecule has 2 nitrogen and oxygen atoms in total. The van der Waals surface area contributed by atoms with Crippen LogP contribution in [0.15, 0.2) is 24.4 Å². The molecule has 0 bridgehead atoms. The van der Waals surface area contributed by atoms with E-state index in [4.69, 9.17) is 0 Å². The summed E-state index contributed by atoms with van der Waals surface area (Å²) in [6.07, 6.45) is 7.55. The first-order chi connectivity index (χ1) is 8.69. The lowest BCUT2D eigenvalue weighted by Crippen LogP contribution is -2.51. The minimum Gasteiger partial charge on any atom is -0.356 e. The maximum atomic E-state index is 4.51. The van der Waals surface area contributed by atoms with Crippen molar-refractivity contribution in [3.63, 3.8) is 0 Å². The van der Waals surface area contributed by atoms with Crippen molar-refractivity contribution in [1.29, 1.82) is 0 Å². The number of hydrogen-bond donors (Lipinski definition) is 0. The monoisotopic (exact) mass is 244 g/mol. The molecular formula is C16H24N2. The zero-order valence-electron chi connectivity index (χ0n) is 11.6. The molecule has 1 spiro atoms. The van der Waals surface area contributed by atoms with E-state index in [1.807, 2.05) is 12.3 Å². The fourth-order valence-corrected chi connectivity index (χ4v) is 3.80. The zero-order chi connectivity index (χ0) is 12.6. The van der Waals surface area contributed by atoms with Gasteiger partial charge < -0.3 is 4.90 Å². The van der Waals surface area contributed by atoms with Crippen molar-refractivity contribution in [1.82, 2.24) is 4.98 Å². The summed E-state index contributed by atoms with van der Waals surface area (Å²) in [6, 6.07) is 6.25. The van der Waals surface area contributed by atoms with Crippen LogP contribution in [0.25, 0.3) is 0 Å². The second-order valence-corrected chi connectivity index (χ2v) is 6.63. The highest BCUT2D eigenvalue weighted by molar-refractivity contribution is 5.39. The first-order valence-corrected chi connectivity index (χ1v) is 7.35. The predicted molar refractivity (Wildman–Crippen MR) is 75.7 cm³/mol. The fraction of sp³-hybridized carbons (Fsp3) is 0.688. The first-order valence-electron chi connectivity index (χ1n) is 7.35. The number of hydrogen-bond acceptors (Lipinski definition) is 2. The lowest BCUT2D eigenvalue weighted by molar-refractivity contribution is 0.0124. The molecule has 2 aliphatic rings. The quantitative estimate of drug-likeness (QED) is 0.788. The average Bonchev–Trinajstić information content (AvgIpc) is 2.37. The summed E-state index contributed by atoms with van der Waals surface area (Å²) in [5, 5.41) is 0. The van der Waals surface area contributed by atoms with Crippen LogP contribution in [-0.2, 0) is 0 Å². The van der Waals surface area contributed by atoms with Gasteiger partial charge in [-0.3, -0.25) is 0 Å². The third-order valence-electron chi connectivity index (χ3n) is 4.97. The Kier molecular flexibility index (Phi) is 3.04. The highest BCUT2D eigenvalue weighted by Crippen LogP contribution is 2.53. The van der Waals surface area contributed by atoms with Crippen LogP contribution in [0.2, 0.25) is 0 Å². The molecule has 2 fully saturated rings. The number of nitrogens with zero attached hydrogens (tertiary/aromatic N) is 2. The predicted octanol–water partition coefficient (Wildman–Crippen LogP) is 3.73. The fourth-order valence-electron chi connectivity index (χ4n) is 3.80. The lowest BCUT2D eigenvalue weighted by atomic mass is 9.56. The number of rotatable bonds is 2. The molecule has 1 aromatic rings. The molecular weight excluding hydrogens is 220 g/mol. The second kappa shape index (κ2) is 4.56. The second-order valence-electron chi connectivity index (χ2n) is 6.63. The Balaban J connectivity index is 1.67. The molecule has 2 heteroatoms. The largest absolute Gasteiger partial charge is 0.356 e. The molecule has 0 unspecified atom stereocenters. The first kappa shape index (κ1) is 12.0. The normalized spacial score (nSPS) is 31.7. The number of piperidine rings is 1. The standard InChI is InChI=1S/C16H24N2/c1-13(2)14-10-16(11-14)7-5-9-18(12-16)15-6-3-4-8-17-15/h3-4,6,8,13-14H,5,7,9-12H2,1-2H3. The third-order valence-corrected chi connectivity index (χ3v) is 4.97. The van der Waals surface area contributed by atoms with Crippen molar-refractivity contribution in [2.45, 2.75) is 39.5 Å². The van der Waals surface area contributed by atoms with Gasteiger partial charge in [0.05, 0.1) is 0 Å². The van der Waals surface area contributed by atoms with Crippen molar-refractivity contribution >= 4 is 5.82 Å². The zero-order valence-corrected chi connectivity index (χ0v) is 11.6. The Morgan fingerprint density at radius 3 is 2.83 bits per heavy atom. The van der Waals surface area contributed by atoms with Gasteiger partial charge in [0.1, 0.15) is 5.82 Å². The van der Waals surface area contributed by atoms with E-state index in [0.717, 1.165) is 11.8 Å². The van der Waals surface area contributed by atoms with Gasteiger partial charge in [0, 0.05) is 19.3 Å². The summed E-state index contributed by atoms with van der Waals surface area (Å²) in [7, 11) is 0. The number of pyridine rings is 1. The Bertz CT molecular complexity index is 393. The summed E-state index contributed by atoms with van der Waals surface area (Å²) in [4.78, 5) is 7.01. The van der Waals surface area contributed by atoms with E-state index in [1.165, 1.54) is 44.6 Å². The van der Waals surface area contributed by atoms with Crippen molar-refractivity contribution in [2.75, 3.05) is 18.0 Å². The SMILES string of the molecule is CC(C)C1CC2(CCCN(c3ccccn3)C2)C1. The van der Waals surface area contributed by atoms with Gasteiger partial charge in [0.25, 0.3) is 0 Å². The van der Waals surface area contributed by atoms with E-state index in [0.29, 0.717) is 5.41 Å². The van der Waals surface area contributed by atoms with Gasteiger partial charge in [0.2, 0.25) is 0 Å². The molecule has 1 aromatic heterocycles. The molecule has 98 valence electrons. The highest BCUT2D eigenvalue weighted by Gasteiger charge is 2.47.